The summed E-state index contributed by atoms with van der Waals surface area (Å²) < 4.78 is 2.71. The number of amides is 1. The molecule has 0 radical (unpaired) electrons. The van der Waals surface area contributed by atoms with Crippen molar-refractivity contribution >= 4 is 32.7 Å². The number of rotatable bonds is 3. The number of fused-ring (bicyclic) bond motifs is 2. The van der Waals surface area contributed by atoms with Crippen LogP contribution in [0, 0.1) is 0 Å². The summed E-state index contributed by atoms with van der Waals surface area (Å²) in [6.45, 7) is 3.56. The average Bonchev–Trinajstić information content (AvgIpc) is 3.01. The van der Waals surface area contributed by atoms with Gasteiger partial charge in [-0.1, -0.05) is 18.2 Å². The van der Waals surface area contributed by atoms with Gasteiger partial charge in [-0.15, -0.1) is 0 Å². The maximum atomic E-state index is 13.2. The van der Waals surface area contributed by atoms with E-state index in [-0.39, 0.29) is 5.91 Å². The van der Waals surface area contributed by atoms with Crippen molar-refractivity contribution < 1.29 is 4.79 Å². The Kier molecular flexibility index (Phi) is 4.78. The second-order valence-electron chi connectivity index (χ2n) is 7.17. The zero-order valence-corrected chi connectivity index (χ0v) is 17.4. The van der Waals surface area contributed by atoms with Crippen LogP contribution in [0.3, 0.4) is 0 Å². The quantitative estimate of drug-likeness (QED) is 0.647. The molecular weight excluding hydrogens is 404 g/mol. The van der Waals surface area contributed by atoms with Gasteiger partial charge >= 0.3 is 0 Å². The van der Waals surface area contributed by atoms with Crippen molar-refractivity contribution in [3.05, 3.63) is 63.5 Å². The Morgan fingerprint density at radius 3 is 2.85 bits per heavy atom. The predicted molar refractivity (Wildman–Crippen MR) is 111 cm³/mol. The van der Waals surface area contributed by atoms with E-state index < -0.39 is 0 Å². The van der Waals surface area contributed by atoms with E-state index in [2.05, 4.69) is 51.4 Å². The van der Waals surface area contributed by atoms with Gasteiger partial charge in [-0.25, -0.2) is 4.98 Å². The minimum absolute atomic E-state index is 0.0724. The van der Waals surface area contributed by atoms with Crippen LogP contribution in [0.15, 0.2) is 41.1 Å². The van der Waals surface area contributed by atoms with Gasteiger partial charge in [0.25, 0.3) is 5.91 Å². The number of aromatic nitrogens is 2. The van der Waals surface area contributed by atoms with Crippen molar-refractivity contribution in [1.29, 1.82) is 0 Å². The summed E-state index contributed by atoms with van der Waals surface area (Å²) in [7, 11) is 3.90. The highest BCUT2D eigenvalue weighted by Gasteiger charge is 2.25. The summed E-state index contributed by atoms with van der Waals surface area (Å²) in [4.78, 5) is 19.4. The third kappa shape index (κ3) is 3.28. The summed E-state index contributed by atoms with van der Waals surface area (Å²) in [6, 6.07) is 10.8. The van der Waals surface area contributed by atoms with Crippen molar-refractivity contribution in [3.63, 3.8) is 0 Å². The standard InChI is InChI=1S/C21H23BrN4O/c1-13(23-2)14-4-5-16-12-26(7-6-15(16)8-14)21(27)18-9-17-10-20(22)24-11-19(17)25(18)3/h4-5,8-11,13,23H,6-7,12H2,1-3H3. The number of hydrogen-bond acceptors (Lipinski definition) is 3. The fraction of sp³-hybridized carbons (Fsp3) is 0.333. The number of nitrogens with zero attached hydrogens (tertiary/aromatic N) is 3. The molecule has 6 heteroatoms. The Labute approximate surface area is 167 Å². The second kappa shape index (κ2) is 7.09. The first-order valence-corrected chi connectivity index (χ1v) is 9.96. The van der Waals surface area contributed by atoms with E-state index in [4.69, 9.17) is 0 Å². The number of pyridine rings is 1. The maximum Gasteiger partial charge on any atom is 0.270 e. The predicted octanol–water partition coefficient (Wildman–Crippen LogP) is 3.81. The highest BCUT2D eigenvalue weighted by Crippen LogP contribution is 2.26. The summed E-state index contributed by atoms with van der Waals surface area (Å²) in [5.41, 5.74) is 5.55. The van der Waals surface area contributed by atoms with E-state index in [1.165, 1.54) is 16.7 Å². The lowest BCUT2D eigenvalue weighted by Crippen LogP contribution is -2.36. The fourth-order valence-electron chi connectivity index (χ4n) is 3.76. The number of benzene rings is 1. The van der Waals surface area contributed by atoms with Gasteiger partial charge in [0.2, 0.25) is 0 Å². The molecule has 0 aliphatic carbocycles. The van der Waals surface area contributed by atoms with Gasteiger partial charge in [0.1, 0.15) is 10.3 Å². The summed E-state index contributed by atoms with van der Waals surface area (Å²) in [5.74, 6) is 0.0724. The van der Waals surface area contributed by atoms with Gasteiger partial charge in [0, 0.05) is 31.6 Å². The maximum absolute atomic E-state index is 13.2. The molecule has 27 heavy (non-hydrogen) atoms. The van der Waals surface area contributed by atoms with Gasteiger partial charge in [0.15, 0.2) is 0 Å². The molecule has 1 unspecified atom stereocenters. The zero-order chi connectivity index (χ0) is 19.1. The molecule has 1 aliphatic rings. The molecule has 1 amide bonds. The Balaban J connectivity index is 1.60. The van der Waals surface area contributed by atoms with Crippen molar-refractivity contribution in [3.8, 4) is 0 Å². The molecule has 1 N–H and O–H groups in total. The number of nitrogens with one attached hydrogen (secondary N) is 1. The van der Waals surface area contributed by atoms with Crippen molar-refractivity contribution in [2.45, 2.75) is 25.9 Å². The summed E-state index contributed by atoms with van der Waals surface area (Å²) >= 11 is 3.40. The number of carbonyl (C=O) groups excluding carboxylic acids is 1. The van der Waals surface area contributed by atoms with Gasteiger partial charge in [0.05, 0.1) is 11.7 Å². The molecule has 140 valence electrons. The first-order chi connectivity index (χ1) is 13.0. The molecule has 1 atom stereocenters. The third-order valence-electron chi connectivity index (χ3n) is 5.58. The lowest BCUT2D eigenvalue weighted by molar-refractivity contribution is 0.0725. The molecule has 3 heterocycles. The van der Waals surface area contributed by atoms with E-state index >= 15 is 0 Å². The lowest BCUT2D eigenvalue weighted by atomic mass is 9.95. The molecule has 4 rings (SSSR count). The van der Waals surface area contributed by atoms with Crippen LogP contribution in [0.25, 0.3) is 10.9 Å². The van der Waals surface area contributed by atoms with E-state index in [9.17, 15) is 4.79 Å². The van der Waals surface area contributed by atoms with Crippen LogP contribution in [0.4, 0.5) is 0 Å². The zero-order valence-electron chi connectivity index (χ0n) is 15.8. The highest BCUT2D eigenvalue weighted by atomic mass is 79.9. The van der Waals surface area contributed by atoms with E-state index in [1.54, 1.807) is 6.20 Å². The van der Waals surface area contributed by atoms with Crippen molar-refractivity contribution in [1.82, 2.24) is 19.8 Å². The Hall–Kier alpha value is -2.18. The van der Waals surface area contributed by atoms with E-state index in [1.807, 2.05) is 35.7 Å². The second-order valence-corrected chi connectivity index (χ2v) is 7.98. The number of carbonyl (C=O) groups is 1. The van der Waals surface area contributed by atoms with Crippen molar-refractivity contribution in [2.24, 2.45) is 7.05 Å². The molecule has 1 aliphatic heterocycles. The molecule has 2 aromatic heterocycles. The van der Waals surface area contributed by atoms with Crippen LogP contribution in [-0.2, 0) is 20.0 Å². The molecule has 3 aromatic rings. The minimum atomic E-state index is 0.0724. The Morgan fingerprint density at radius 2 is 2.07 bits per heavy atom. The molecule has 0 saturated carbocycles. The smallest absolute Gasteiger partial charge is 0.270 e. The molecule has 0 bridgehead atoms. The minimum Gasteiger partial charge on any atom is -0.338 e. The fourth-order valence-corrected chi connectivity index (χ4v) is 4.11. The van der Waals surface area contributed by atoms with Crippen LogP contribution in [0.2, 0.25) is 0 Å². The first-order valence-electron chi connectivity index (χ1n) is 9.17. The number of hydrogen-bond donors (Lipinski definition) is 1. The van der Waals surface area contributed by atoms with Crippen LogP contribution < -0.4 is 5.32 Å². The highest BCUT2D eigenvalue weighted by molar-refractivity contribution is 9.10. The number of aryl methyl sites for hydroxylation is 1. The van der Waals surface area contributed by atoms with Gasteiger partial charge < -0.3 is 14.8 Å². The molecule has 0 spiro atoms. The van der Waals surface area contributed by atoms with Gasteiger partial charge in [-0.2, -0.15) is 0 Å². The first kappa shape index (κ1) is 18.2. The van der Waals surface area contributed by atoms with Crippen LogP contribution >= 0.6 is 15.9 Å². The number of halogens is 1. The SMILES string of the molecule is CNC(C)c1ccc2c(c1)CCN(C(=O)c1cc3cc(Br)ncc3n1C)C2. The Bertz CT molecular complexity index is 1030. The monoisotopic (exact) mass is 426 g/mol. The summed E-state index contributed by atoms with van der Waals surface area (Å²) in [5, 5.41) is 4.30. The van der Waals surface area contributed by atoms with Gasteiger partial charge in [-0.3, -0.25) is 4.79 Å². The van der Waals surface area contributed by atoms with E-state index in [0.29, 0.717) is 18.3 Å². The van der Waals surface area contributed by atoms with Gasteiger partial charge in [-0.05, 0) is 65.1 Å². The summed E-state index contributed by atoms with van der Waals surface area (Å²) in [6.07, 6.45) is 2.69. The Morgan fingerprint density at radius 1 is 1.26 bits per heavy atom. The third-order valence-corrected chi connectivity index (χ3v) is 6.01. The molecule has 5 nitrogen and oxygen atoms in total. The van der Waals surface area contributed by atoms with Crippen LogP contribution in [0.5, 0.6) is 0 Å². The largest absolute Gasteiger partial charge is 0.338 e. The lowest BCUT2D eigenvalue weighted by Gasteiger charge is -2.29. The van der Waals surface area contributed by atoms with Crippen LogP contribution in [-0.4, -0.2) is 34.0 Å². The molecular formula is C21H23BrN4O. The molecule has 0 fully saturated rings. The van der Waals surface area contributed by atoms with E-state index in [0.717, 1.165) is 28.5 Å². The molecule has 0 saturated heterocycles. The van der Waals surface area contributed by atoms with Crippen molar-refractivity contribution in [2.75, 3.05) is 13.6 Å². The normalized spacial score (nSPS) is 15.0. The average molecular weight is 427 g/mol. The van der Waals surface area contributed by atoms with Crippen LogP contribution in [0.1, 0.15) is 40.1 Å². The molecule has 1 aromatic carbocycles. The topological polar surface area (TPSA) is 50.2 Å².